The van der Waals surface area contributed by atoms with Crippen molar-refractivity contribution in [1.82, 2.24) is 0 Å². The maximum atomic E-state index is 12.2. The van der Waals surface area contributed by atoms with Crippen LogP contribution in [0.1, 0.15) is 6.92 Å². The number of nitrogen functional groups attached to an aromatic ring is 1. The van der Waals surface area contributed by atoms with Crippen molar-refractivity contribution in [2.24, 2.45) is 20.5 Å². The quantitative estimate of drug-likeness (QED) is 0.0354. The first-order valence-corrected chi connectivity index (χ1v) is 20.5. The van der Waals surface area contributed by atoms with Gasteiger partial charge in [0.25, 0.3) is 10.1 Å². The average Bonchev–Trinajstić information content (AvgIpc) is 3.04. The van der Waals surface area contributed by atoms with Gasteiger partial charge in [-0.2, -0.15) is 8.42 Å². The molecule has 0 bridgehead atoms. The van der Waals surface area contributed by atoms with E-state index in [2.05, 4.69) is 25.8 Å². The summed E-state index contributed by atoms with van der Waals surface area (Å²) in [6.45, 7) is 1.13. The molecule has 0 radical (unpaired) electrons. The third kappa shape index (κ3) is 8.82. The van der Waals surface area contributed by atoms with Crippen molar-refractivity contribution >= 4 is 104 Å². The fourth-order valence-electron chi connectivity index (χ4n) is 5.11. The number of carbonyl (C=O) groups excluding carboxylic acids is 1. The molecule has 26 heteroatoms. The van der Waals surface area contributed by atoms with E-state index in [0.717, 1.165) is 61.5 Å². The highest BCUT2D eigenvalue weighted by molar-refractivity contribution is 8.20. The molecule has 0 fully saturated rings. The summed E-state index contributed by atoms with van der Waals surface area (Å²) in [5.74, 6) is -2.34. The fraction of sp³-hybridized carbons (Fsp3) is 0.0690. The molecule has 22 nitrogen and oxygen atoms in total. The standard InChI is InChI=1S/C29H30N6O16S4/c1-12(36)31-19-10-21(33-35-28-26(55(48,49)50)6-13-5-25(54(45,46)47)18(30)9-17(13)29(28)38)24(51-2)11-20(19)32-34-22-7-15(52(39,40)41)3-14-4-16(53(42,43)44)8-23(37)27(14)22/h3-11,37-44,48-50H,30H2,1-2H3,(H,31,36)(H,45,46,47). The summed E-state index contributed by atoms with van der Waals surface area (Å²) in [4.78, 5) is 9.48. The van der Waals surface area contributed by atoms with Crippen LogP contribution >= 0.6 is 32.6 Å². The van der Waals surface area contributed by atoms with Crippen molar-refractivity contribution < 1.29 is 73.7 Å². The predicted octanol–water partition coefficient (Wildman–Crippen LogP) is 8.78. The number of fused-ring (bicyclic) bond motifs is 2. The van der Waals surface area contributed by atoms with Gasteiger partial charge >= 0.3 is 0 Å². The molecular formula is C29H30N6O16S4. The Balaban J connectivity index is 1.68. The second-order valence-corrected chi connectivity index (χ2v) is 17.2. The van der Waals surface area contributed by atoms with Crippen LogP contribution in [-0.4, -0.2) is 77.2 Å². The summed E-state index contributed by atoms with van der Waals surface area (Å²) >= 11 is 0. The van der Waals surface area contributed by atoms with E-state index in [1.54, 1.807) is 0 Å². The average molecular weight is 847 g/mol. The maximum Gasteiger partial charge on any atom is 0.296 e. The maximum absolute atomic E-state index is 12.2. The zero-order valence-corrected chi connectivity index (χ0v) is 31.0. The van der Waals surface area contributed by atoms with Gasteiger partial charge in [0, 0.05) is 18.4 Å². The van der Waals surface area contributed by atoms with Crippen LogP contribution in [0.15, 0.2) is 94.6 Å². The van der Waals surface area contributed by atoms with Crippen LogP contribution in [0.25, 0.3) is 21.5 Å². The second kappa shape index (κ2) is 14.6. The number of carbonyl (C=O) groups is 1. The SMILES string of the molecule is COc1cc(N=Nc2cc(S(O)(O)O)cc3cc(S(O)(O)O)cc(O)c23)c(NC(C)=O)cc1N=Nc1c(S(O)(O)O)cc2cc(S(=O)(=O)O)c(N)cc2c1O. The number of ether oxygens (including phenoxy) is 1. The van der Waals surface area contributed by atoms with E-state index in [0.29, 0.717) is 0 Å². The molecule has 0 aromatic heterocycles. The van der Waals surface area contributed by atoms with Gasteiger partial charge in [-0.1, -0.05) is 0 Å². The Morgan fingerprint density at radius 3 is 1.78 bits per heavy atom. The van der Waals surface area contributed by atoms with E-state index in [4.69, 9.17) is 10.5 Å². The van der Waals surface area contributed by atoms with Crippen molar-refractivity contribution in [2.75, 3.05) is 18.2 Å². The highest BCUT2D eigenvalue weighted by Gasteiger charge is 2.28. The number of aromatic hydroxyl groups is 2. The molecule has 0 aliphatic carbocycles. The molecule has 0 heterocycles. The highest BCUT2D eigenvalue weighted by atomic mass is 32.3. The number of nitrogens with zero attached hydrogens (tertiary/aromatic N) is 4. The molecule has 296 valence electrons. The van der Waals surface area contributed by atoms with Crippen LogP contribution in [-0.2, 0) is 14.9 Å². The van der Waals surface area contributed by atoms with Crippen molar-refractivity contribution in [1.29, 1.82) is 0 Å². The van der Waals surface area contributed by atoms with Gasteiger partial charge in [-0.15, -0.1) is 20.5 Å². The number of phenolic OH excluding ortho intramolecular Hbond substituents is 2. The molecule has 0 aliphatic rings. The molecule has 1 amide bonds. The fourth-order valence-corrected chi connectivity index (χ4v) is 7.54. The first kappa shape index (κ1) is 41.3. The number of rotatable bonds is 10. The van der Waals surface area contributed by atoms with Crippen LogP contribution in [0.2, 0.25) is 0 Å². The van der Waals surface area contributed by atoms with E-state index in [1.165, 1.54) is 7.11 Å². The zero-order chi connectivity index (χ0) is 41.0. The van der Waals surface area contributed by atoms with Gasteiger partial charge in [-0.25, -0.2) is 0 Å². The lowest BCUT2D eigenvalue weighted by atomic mass is 10.1. The molecule has 0 atom stereocenters. The van der Waals surface area contributed by atoms with Gasteiger partial charge in [0.15, 0.2) is 5.75 Å². The van der Waals surface area contributed by atoms with Gasteiger partial charge in [0.1, 0.15) is 66.1 Å². The predicted molar refractivity (Wildman–Crippen MR) is 202 cm³/mol. The number of hydrogen-bond acceptors (Lipinski definition) is 20. The van der Waals surface area contributed by atoms with Crippen molar-refractivity contribution in [3.05, 3.63) is 54.6 Å². The second-order valence-electron chi connectivity index (χ2n) is 11.3. The number of hydrogen-bond donors (Lipinski definition) is 14. The highest BCUT2D eigenvalue weighted by Crippen LogP contribution is 2.55. The Hall–Kier alpha value is -4.91. The lowest BCUT2D eigenvalue weighted by Gasteiger charge is -2.22. The molecule has 0 saturated carbocycles. The molecular weight excluding hydrogens is 817 g/mol. The zero-order valence-electron chi connectivity index (χ0n) is 27.7. The largest absolute Gasteiger partial charge is 0.507 e. The smallest absolute Gasteiger partial charge is 0.296 e. The number of nitrogens with two attached hydrogens (primary N) is 1. The molecule has 0 saturated heterocycles. The molecule has 5 aromatic rings. The van der Waals surface area contributed by atoms with Crippen LogP contribution < -0.4 is 15.8 Å². The first-order valence-electron chi connectivity index (χ1n) is 14.5. The Bertz CT molecular complexity index is 2560. The van der Waals surface area contributed by atoms with Gasteiger partial charge < -0.3 is 67.0 Å². The number of nitrogens with one attached hydrogen (secondary N) is 1. The van der Waals surface area contributed by atoms with E-state index in [9.17, 15) is 69.0 Å². The molecule has 0 aliphatic heterocycles. The van der Waals surface area contributed by atoms with E-state index in [1.807, 2.05) is 0 Å². The minimum Gasteiger partial charge on any atom is -0.507 e. The van der Waals surface area contributed by atoms with Crippen molar-refractivity contribution in [2.45, 2.75) is 26.5 Å². The monoisotopic (exact) mass is 846 g/mol. The van der Waals surface area contributed by atoms with Crippen LogP contribution in [0.5, 0.6) is 17.2 Å². The minimum atomic E-state index is -4.86. The normalized spacial score (nSPS) is 13.9. The van der Waals surface area contributed by atoms with E-state index in [-0.39, 0.29) is 50.0 Å². The van der Waals surface area contributed by atoms with Gasteiger partial charge in [-0.05, 0) is 59.3 Å². The molecule has 0 unspecified atom stereocenters. The van der Waals surface area contributed by atoms with E-state index < -0.39 is 91.1 Å². The summed E-state index contributed by atoms with van der Waals surface area (Å²) < 4.78 is 128. The Kier molecular flexibility index (Phi) is 11.0. The van der Waals surface area contributed by atoms with Crippen LogP contribution in [0.4, 0.5) is 34.1 Å². The summed E-state index contributed by atoms with van der Waals surface area (Å²) in [5.41, 5.74) is 3.65. The van der Waals surface area contributed by atoms with Gasteiger partial charge in [0.2, 0.25) is 5.91 Å². The van der Waals surface area contributed by atoms with Gasteiger partial charge in [0.05, 0.1) is 44.2 Å². The number of benzene rings is 5. The molecule has 5 aromatic carbocycles. The third-order valence-electron chi connectivity index (χ3n) is 7.47. The lowest BCUT2D eigenvalue weighted by Crippen LogP contribution is -2.06. The summed E-state index contributed by atoms with van der Waals surface area (Å²) in [5, 5.41) is 39.4. The number of anilines is 2. The Morgan fingerprint density at radius 1 is 0.673 bits per heavy atom. The Labute approximate surface area is 313 Å². The number of phenols is 2. The van der Waals surface area contributed by atoms with Crippen LogP contribution in [0.3, 0.4) is 0 Å². The van der Waals surface area contributed by atoms with Crippen LogP contribution in [0, 0.1) is 0 Å². The van der Waals surface area contributed by atoms with Gasteiger partial charge in [-0.3, -0.25) is 9.35 Å². The first-order chi connectivity index (χ1) is 25.3. The minimum absolute atomic E-state index is 0.140. The summed E-state index contributed by atoms with van der Waals surface area (Å²) in [7, 11) is -17.2. The Morgan fingerprint density at radius 2 is 1.24 bits per heavy atom. The molecule has 5 rings (SSSR count). The van der Waals surface area contributed by atoms with Crippen molar-refractivity contribution in [3.63, 3.8) is 0 Å². The summed E-state index contributed by atoms with van der Waals surface area (Å²) in [6, 6.07) is 8.60. The molecule has 0 spiro atoms. The number of amides is 1. The third-order valence-corrected chi connectivity index (χ3v) is 11.0. The molecule has 55 heavy (non-hydrogen) atoms. The molecule has 15 N–H and O–H groups in total. The topological polar surface area (TPSA) is 391 Å². The summed E-state index contributed by atoms with van der Waals surface area (Å²) in [6.07, 6.45) is 0. The number of azo groups is 2. The van der Waals surface area contributed by atoms with E-state index >= 15 is 0 Å². The van der Waals surface area contributed by atoms with Crippen molar-refractivity contribution in [3.8, 4) is 17.2 Å². The lowest BCUT2D eigenvalue weighted by molar-refractivity contribution is -0.114. The number of methoxy groups -OCH3 is 1.